The minimum Gasteiger partial charge on any atom is -0.481 e. The fourth-order valence-electron chi connectivity index (χ4n) is 2.22. The van der Waals surface area contributed by atoms with Gasteiger partial charge in [0, 0.05) is 17.3 Å². The molecule has 5 nitrogen and oxygen atoms in total. The maximum atomic E-state index is 12.9. The minimum absolute atomic E-state index is 0.103. The number of benzene rings is 2. The second-order valence-corrected chi connectivity index (χ2v) is 6.03. The number of hydrogen-bond acceptors (Lipinski definition) is 3. The number of halogens is 1. The van der Waals surface area contributed by atoms with Gasteiger partial charge in [-0.25, -0.2) is 4.39 Å². The molecule has 2 aromatic rings. The second kappa shape index (κ2) is 7.34. The third-order valence-electron chi connectivity index (χ3n) is 3.82. The highest BCUT2D eigenvalue weighted by molar-refractivity contribution is 5.97. The molecule has 1 fully saturated rings. The summed E-state index contributed by atoms with van der Waals surface area (Å²) in [6, 6.07) is 12.4. The molecule has 130 valence electrons. The van der Waals surface area contributed by atoms with Crippen LogP contribution in [0.2, 0.25) is 0 Å². The van der Waals surface area contributed by atoms with Crippen LogP contribution in [-0.2, 0) is 4.79 Å². The summed E-state index contributed by atoms with van der Waals surface area (Å²) in [5.41, 5.74) is 1.13. The Morgan fingerprint density at radius 2 is 1.72 bits per heavy atom. The van der Waals surface area contributed by atoms with Gasteiger partial charge in [-0.1, -0.05) is 0 Å². The molecule has 2 N–H and O–H groups in total. The van der Waals surface area contributed by atoms with Gasteiger partial charge < -0.3 is 15.4 Å². The van der Waals surface area contributed by atoms with E-state index < -0.39 is 6.10 Å². The molecule has 2 amide bonds. The topological polar surface area (TPSA) is 67.4 Å². The first-order chi connectivity index (χ1) is 12.0. The molecule has 25 heavy (non-hydrogen) atoms. The Morgan fingerprint density at radius 1 is 1.08 bits per heavy atom. The lowest BCUT2D eigenvalue weighted by Gasteiger charge is -2.15. The highest BCUT2D eigenvalue weighted by Gasteiger charge is 2.23. The van der Waals surface area contributed by atoms with Crippen LogP contribution in [0.25, 0.3) is 0 Å². The predicted octanol–water partition coefficient (Wildman–Crippen LogP) is 3.12. The third-order valence-corrected chi connectivity index (χ3v) is 3.82. The van der Waals surface area contributed by atoms with Crippen molar-refractivity contribution < 1.29 is 18.7 Å². The summed E-state index contributed by atoms with van der Waals surface area (Å²) in [4.78, 5) is 24.1. The first-order valence-corrected chi connectivity index (χ1v) is 8.15. The zero-order chi connectivity index (χ0) is 17.8. The molecule has 2 aromatic carbocycles. The highest BCUT2D eigenvalue weighted by Crippen LogP contribution is 2.20. The van der Waals surface area contributed by atoms with E-state index in [0.717, 1.165) is 12.8 Å². The number of anilines is 1. The number of carbonyl (C=O) groups is 2. The Labute approximate surface area is 145 Å². The van der Waals surface area contributed by atoms with E-state index >= 15 is 0 Å². The van der Waals surface area contributed by atoms with Crippen molar-refractivity contribution >= 4 is 17.5 Å². The average molecular weight is 342 g/mol. The first-order valence-electron chi connectivity index (χ1n) is 8.15. The zero-order valence-electron chi connectivity index (χ0n) is 13.8. The van der Waals surface area contributed by atoms with Crippen molar-refractivity contribution in [3.63, 3.8) is 0 Å². The van der Waals surface area contributed by atoms with E-state index in [-0.39, 0.29) is 17.6 Å². The van der Waals surface area contributed by atoms with Gasteiger partial charge in [0.2, 0.25) is 0 Å². The molecule has 1 atom stereocenters. The van der Waals surface area contributed by atoms with Crippen LogP contribution in [0.5, 0.6) is 5.75 Å². The summed E-state index contributed by atoms with van der Waals surface area (Å²) in [5.74, 6) is -0.390. The molecular weight excluding hydrogens is 323 g/mol. The molecule has 6 heteroatoms. The molecule has 0 bridgehead atoms. The average Bonchev–Trinajstić information content (AvgIpc) is 3.41. The summed E-state index contributed by atoms with van der Waals surface area (Å²) >= 11 is 0. The van der Waals surface area contributed by atoms with Gasteiger partial charge in [0.15, 0.2) is 6.10 Å². The molecule has 1 unspecified atom stereocenters. The van der Waals surface area contributed by atoms with Gasteiger partial charge >= 0.3 is 0 Å². The smallest absolute Gasteiger partial charge is 0.265 e. The van der Waals surface area contributed by atoms with Crippen LogP contribution >= 0.6 is 0 Å². The molecule has 1 aliphatic rings. The number of nitrogens with one attached hydrogen (secondary N) is 2. The maximum Gasteiger partial charge on any atom is 0.265 e. The van der Waals surface area contributed by atoms with Crippen molar-refractivity contribution in [2.45, 2.75) is 31.9 Å². The lowest BCUT2D eigenvalue weighted by molar-refractivity contribution is -0.122. The van der Waals surface area contributed by atoms with Crippen molar-refractivity contribution in [2.24, 2.45) is 0 Å². The molecular formula is C19H19FN2O3. The zero-order valence-corrected chi connectivity index (χ0v) is 13.8. The van der Waals surface area contributed by atoms with Crippen molar-refractivity contribution in [3.8, 4) is 5.75 Å². The van der Waals surface area contributed by atoms with Crippen molar-refractivity contribution in [1.82, 2.24) is 5.32 Å². The van der Waals surface area contributed by atoms with Gasteiger partial charge in [0.05, 0.1) is 0 Å². The standard InChI is InChI=1S/C19H19FN2O3/c1-12(25-17-10-4-14(20)5-11-17)18(23)21-15-6-2-13(3-7-15)19(24)22-16-8-9-16/h2-7,10-12,16H,8-9H2,1H3,(H,21,23)(H,22,24). The lowest BCUT2D eigenvalue weighted by Crippen LogP contribution is -2.30. The SMILES string of the molecule is CC(Oc1ccc(F)cc1)C(=O)Nc1ccc(C(=O)NC2CC2)cc1. The van der Waals surface area contributed by atoms with Gasteiger partial charge in [-0.2, -0.15) is 0 Å². The van der Waals surface area contributed by atoms with Gasteiger partial charge in [-0.3, -0.25) is 9.59 Å². The van der Waals surface area contributed by atoms with Gasteiger partial charge in [-0.05, 0) is 68.3 Å². The lowest BCUT2D eigenvalue weighted by atomic mass is 10.2. The van der Waals surface area contributed by atoms with Crippen LogP contribution in [0.3, 0.4) is 0 Å². The molecule has 0 aliphatic heterocycles. The molecule has 1 saturated carbocycles. The summed E-state index contributed by atoms with van der Waals surface area (Å²) < 4.78 is 18.3. The van der Waals surface area contributed by atoms with Crippen LogP contribution in [0.15, 0.2) is 48.5 Å². The maximum absolute atomic E-state index is 12.9. The molecule has 0 spiro atoms. The van der Waals surface area contributed by atoms with E-state index in [4.69, 9.17) is 4.74 Å². The van der Waals surface area contributed by atoms with E-state index in [1.807, 2.05) is 0 Å². The molecule has 0 radical (unpaired) electrons. The Hall–Kier alpha value is -2.89. The Kier molecular flexibility index (Phi) is 4.97. The van der Waals surface area contributed by atoms with Crippen molar-refractivity contribution in [2.75, 3.05) is 5.32 Å². The number of carbonyl (C=O) groups excluding carboxylic acids is 2. The van der Waals surface area contributed by atoms with Crippen LogP contribution in [0, 0.1) is 5.82 Å². The van der Waals surface area contributed by atoms with E-state index in [1.54, 1.807) is 31.2 Å². The number of rotatable bonds is 6. The summed E-state index contributed by atoms with van der Waals surface area (Å²) in [5, 5.41) is 5.63. The van der Waals surface area contributed by atoms with Crippen molar-refractivity contribution in [1.29, 1.82) is 0 Å². The molecule has 1 aliphatic carbocycles. The van der Waals surface area contributed by atoms with Gasteiger partial charge in [0.1, 0.15) is 11.6 Å². The largest absolute Gasteiger partial charge is 0.481 e. The number of hydrogen-bond donors (Lipinski definition) is 2. The monoisotopic (exact) mass is 342 g/mol. The first kappa shape index (κ1) is 17.0. The number of amides is 2. The normalized spacial score (nSPS) is 14.5. The van der Waals surface area contributed by atoms with Crippen molar-refractivity contribution in [3.05, 3.63) is 59.9 Å². The molecule has 0 saturated heterocycles. The van der Waals surface area contributed by atoms with E-state index in [2.05, 4.69) is 10.6 Å². The summed E-state index contributed by atoms with van der Waals surface area (Å²) in [6.07, 6.45) is 1.32. The summed E-state index contributed by atoms with van der Waals surface area (Å²) in [7, 11) is 0. The Balaban J connectivity index is 1.54. The second-order valence-electron chi connectivity index (χ2n) is 6.03. The summed E-state index contributed by atoms with van der Waals surface area (Å²) in [6.45, 7) is 1.61. The van der Waals surface area contributed by atoms with E-state index in [1.165, 1.54) is 24.3 Å². The molecule has 3 rings (SSSR count). The number of ether oxygens (including phenoxy) is 1. The van der Waals surface area contributed by atoms with E-state index in [0.29, 0.717) is 23.0 Å². The minimum atomic E-state index is -0.747. The van der Waals surface area contributed by atoms with Crippen LogP contribution in [0.1, 0.15) is 30.1 Å². The Morgan fingerprint density at radius 3 is 2.32 bits per heavy atom. The molecule has 0 aromatic heterocycles. The van der Waals surface area contributed by atoms with Gasteiger partial charge in [0.25, 0.3) is 11.8 Å². The van der Waals surface area contributed by atoms with Crippen LogP contribution in [-0.4, -0.2) is 24.0 Å². The van der Waals surface area contributed by atoms with Crippen LogP contribution in [0.4, 0.5) is 10.1 Å². The third kappa shape index (κ3) is 4.79. The fourth-order valence-corrected chi connectivity index (χ4v) is 2.22. The fraction of sp³-hybridized carbons (Fsp3) is 0.263. The molecule has 0 heterocycles. The van der Waals surface area contributed by atoms with E-state index in [9.17, 15) is 14.0 Å². The highest BCUT2D eigenvalue weighted by atomic mass is 19.1. The Bertz CT molecular complexity index is 755. The quantitative estimate of drug-likeness (QED) is 0.847. The van der Waals surface area contributed by atoms with Crippen LogP contribution < -0.4 is 15.4 Å². The van der Waals surface area contributed by atoms with Gasteiger partial charge in [-0.15, -0.1) is 0 Å². The predicted molar refractivity (Wildman–Crippen MR) is 92.0 cm³/mol.